The molecule has 3 nitrogen and oxygen atoms in total. The minimum atomic E-state index is -0.0143. The lowest BCUT2D eigenvalue weighted by Crippen LogP contribution is -2.34. The third kappa shape index (κ3) is 4.85. The van der Waals surface area contributed by atoms with Crippen molar-refractivity contribution in [2.24, 2.45) is 0 Å². The van der Waals surface area contributed by atoms with Gasteiger partial charge >= 0.3 is 0 Å². The molecule has 0 saturated carbocycles. The van der Waals surface area contributed by atoms with E-state index in [-0.39, 0.29) is 11.9 Å². The summed E-state index contributed by atoms with van der Waals surface area (Å²) in [6.45, 7) is 8.24. The summed E-state index contributed by atoms with van der Waals surface area (Å²) in [5, 5.41) is 3.07. The van der Waals surface area contributed by atoms with Crippen LogP contribution in [0.2, 0.25) is 0 Å². The molecule has 0 aromatic heterocycles. The number of hydrogen-bond acceptors (Lipinski definition) is 2. The van der Waals surface area contributed by atoms with Crippen LogP contribution in [-0.2, 0) is 6.42 Å². The molecule has 2 aromatic carbocycles. The van der Waals surface area contributed by atoms with Crippen molar-refractivity contribution in [3.05, 3.63) is 65.7 Å². The second-order valence-electron chi connectivity index (χ2n) is 5.78. The van der Waals surface area contributed by atoms with Gasteiger partial charge in [0.2, 0.25) is 0 Å². The van der Waals surface area contributed by atoms with Crippen LogP contribution in [0.1, 0.15) is 36.7 Å². The first-order valence-electron chi connectivity index (χ1n) is 8.33. The standard InChI is InChI=1S/C20H26N2O/c1-4-22(5-2)19-13-11-18(12-14-19)20(23)21-16(3)15-17-9-7-6-8-10-17/h6-14,16H,4-5,15H2,1-3H3,(H,21,23)/t16-/m1/s1. The summed E-state index contributed by atoms with van der Waals surface area (Å²) in [7, 11) is 0. The Bertz CT molecular complexity index is 603. The largest absolute Gasteiger partial charge is 0.372 e. The van der Waals surface area contributed by atoms with Gasteiger partial charge in [-0.2, -0.15) is 0 Å². The molecule has 0 aliphatic rings. The minimum absolute atomic E-state index is 0.0143. The topological polar surface area (TPSA) is 32.3 Å². The average molecular weight is 310 g/mol. The maximum Gasteiger partial charge on any atom is 0.251 e. The fraction of sp³-hybridized carbons (Fsp3) is 0.350. The van der Waals surface area contributed by atoms with E-state index in [0.29, 0.717) is 5.56 Å². The van der Waals surface area contributed by atoms with Crippen LogP contribution in [0.25, 0.3) is 0 Å². The number of anilines is 1. The number of rotatable bonds is 7. The van der Waals surface area contributed by atoms with E-state index in [9.17, 15) is 4.79 Å². The summed E-state index contributed by atoms with van der Waals surface area (Å²) in [5.74, 6) is -0.0143. The van der Waals surface area contributed by atoms with E-state index in [0.717, 1.165) is 25.2 Å². The van der Waals surface area contributed by atoms with Crippen molar-refractivity contribution in [3.8, 4) is 0 Å². The van der Waals surface area contributed by atoms with Crippen molar-refractivity contribution in [1.82, 2.24) is 5.32 Å². The van der Waals surface area contributed by atoms with Crippen LogP contribution in [0.15, 0.2) is 54.6 Å². The number of hydrogen-bond donors (Lipinski definition) is 1. The molecule has 23 heavy (non-hydrogen) atoms. The predicted octanol–water partition coefficient (Wildman–Crippen LogP) is 3.89. The molecule has 1 amide bonds. The number of nitrogens with one attached hydrogen (secondary N) is 1. The third-order valence-electron chi connectivity index (χ3n) is 4.02. The van der Waals surface area contributed by atoms with Gasteiger partial charge in [-0.1, -0.05) is 30.3 Å². The lowest BCUT2D eigenvalue weighted by molar-refractivity contribution is 0.0940. The first-order valence-corrected chi connectivity index (χ1v) is 8.33. The smallest absolute Gasteiger partial charge is 0.251 e. The molecule has 0 aliphatic carbocycles. The van der Waals surface area contributed by atoms with Gasteiger partial charge in [0.05, 0.1) is 0 Å². The van der Waals surface area contributed by atoms with Gasteiger partial charge in [0.15, 0.2) is 0 Å². The molecule has 0 spiro atoms. The lowest BCUT2D eigenvalue weighted by Gasteiger charge is -2.21. The Kier molecular flexibility index (Phi) is 6.21. The van der Waals surface area contributed by atoms with Crippen LogP contribution in [0, 0.1) is 0 Å². The molecule has 0 saturated heterocycles. The summed E-state index contributed by atoms with van der Waals surface area (Å²) < 4.78 is 0. The maximum atomic E-state index is 12.3. The van der Waals surface area contributed by atoms with Crippen LogP contribution < -0.4 is 10.2 Å². The van der Waals surface area contributed by atoms with E-state index >= 15 is 0 Å². The zero-order chi connectivity index (χ0) is 16.7. The fourth-order valence-corrected chi connectivity index (χ4v) is 2.74. The Hall–Kier alpha value is -2.29. The quantitative estimate of drug-likeness (QED) is 0.841. The van der Waals surface area contributed by atoms with Crippen LogP contribution >= 0.6 is 0 Å². The normalized spacial score (nSPS) is 11.8. The highest BCUT2D eigenvalue weighted by atomic mass is 16.1. The Labute approximate surface area is 139 Å². The first kappa shape index (κ1) is 17.1. The summed E-state index contributed by atoms with van der Waals surface area (Å²) in [5.41, 5.74) is 3.10. The number of carbonyl (C=O) groups excluding carboxylic acids is 1. The van der Waals surface area contributed by atoms with Gasteiger partial charge in [0.25, 0.3) is 5.91 Å². The minimum Gasteiger partial charge on any atom is -0.372 e. The van der Waals surface area contributed by atoms with Crippen molar-refractivity contribution in [2.75, 3.05) is 18.0 Å². The highest BCUT2D eigenvalue weighted by Gasteiger charge is 2.11. The zero-order valence-electron chi connectivity index (χ0n) is 14.3. The Morgan fingerprint density at radius 2 is 1.61 bits per heavy atom. The molecule has 0 radical (unpaired) electrons. The molecule has 3 heteroatoms. The Balaban J connectivity index is 1.95. The Morgan fingerprint density at radius 3 is 2.17 bits per heavy atom. The third-order valence-corrected chi connectivity index (χ3v) is 4.02. The molecule has 0 bridgehead atoms. The summed E-state index contributed by atoms with van der Waals surface area (Å²) in [4.78, 5) is 14.6. The van der Waals surface area contributed by atoms with Crippen molar-refractivity contribution in [2.45, 2.75) is 33.2 Å². The zero-order valence-corrected chi connectivity index (χ0v) is 14.3. The predicted molar refractivity (Wildman–Crippen MR) is 97.1 cm³/mol. The van der Waals surface area contributed by atoms with Crippen molar-refractivity contribution < 1.29 is 4.79 Å². The van der Waals surface area contributed by atoms with Gasteiger partial charge in [-0.3, -0.25) is 4.79 Å². The van der Waals surface area contributed by atoms with E-state index in [1.165, 1.54) is 5.56 Å². The molecule has 2 aromatic rings. The molecule has 0 fully saturated rings. The summed E-state index contributed by atoms with van der Waals surface area (Å²) in [6, 6.07) is 18.2. The van der Waals surface area contributed by atoms with Crippen molar-refractivity contribution in [1.29, 1.82) is 0 Å². The SMILES string of the molecule is CCN(CC)c1ccc(C(=O)N[C@H](C)Cc2ccccc2)cc1. The first-order chi connectivity index (χ1) is 11.1. The van der Waals surface area contributed by atoms with E-state index in [4.69, 9.17) is 0 Å². The monoisotopic (exact) mass is 310 g/mol. The van der Waals surface area contributed by atoms with Gasteiger partial charge < -0.3 is 10.2 Å². The molecule has 2 rings (SSSR count). The van der Waals surface area contributed by atoms with Crippen molar-refractivity contribution >= 4 is 11.6 Å². The van der Waals surface area contributed by atoms with Gasteiger partial charge in [-0.05, 0) is 57.0 Å². The van der Waals surface area contributed by atoms with E-state index in [1.807, 2.05) is 49.4 Å². The Morgan fingerprint density at radius 1 is 1.00 bits per heavy atom. The molecule has 1 N–H and O–H groups in total. The average Bonchev–Trinajstić information content (AvgIpc) is 2.57. The number of carbonyl (C=O) groups is 1. The van der Waals surface area contributed by atoms with E-state index < -0.39 is 0 Å². The molecule has 1 atom stereocenters. The van der Waals surface area contributed by atoms with Gasteiger partial charge in [-0.25, -0.2) is 0 Å². The molecular formula is C20H26N2O. The van der Waals surface area contributed by atoms with Crippen LogP contribution in [0.4, 0.5) is 5.69 Å². The van der Waals surface area contributed by atoms with E-state index in [2.05, 4.69) is 36.2 Å². The summed E-state index contributed by atoms with van der Waals surface area (Å²) >= 11 is 0. The number of benzene rings is 2. The number of nitrogens with zero attached hydrogens (tertiary/aromatic N) is 1. The molecule has 0 heterocycles. The van der Waals surface area contributed by atoms with Crippen LogP contribution in [0.5, 0.6) is 0 Å². The maximum absolute atomic E-state index is 12.3. The second kappa shape index (κ2) is 8.37. The van der Waals surface area contributed by atoms with Gasteiger partial charge in [0, 0.05) is 30.4 Å². The van der Waals surface area contributed by atoms with Crippen molar-refractivity contribution in [3.63, 3.8) is 0 Å². The fourth-order valence-electron chi connectivity index (χ4n) is 2.74. The van der Waals surface area contributed by atoms with Gasteiger partial charge in [0.1, 0.15) is 0 Å². The molecule has 122 valence electrons. The lowest BCUT2D eigenvalue weighted by atomic mass is 10.1. The molecule has 0 aliphatic heterocycles. The van der Waals surface area contributed by atoms with Gasteiger partial charge in [-0.15, -0.1) is 0 Å². The second-order valence-corrected chi connectivity index (χ2v) is 5.78. The molecule has 0 unspecified atom stereocenters. The number of amides is 1. The van der Waals surface area contributed by atoms with Crippen LogP contribution in [0.3, 0.4) is 0 Å². The molecular weight excluding hydrogens is 284 g/mol. The van der Waals surface area contributed by atoms with Crippen LogP contribution in [-0.4, -0.2) is 25.0 Å². The highest BCUT2D eigenvalue weighted by molar-refractivity contribution is 5.94. The van der Waals surface area contributed by atoms with E-state index in [1.54, 1.807) is 0 Å². The highest BCUT2D eigenvalue weighted by Crippen LogP contribution is 2.15. The summed E-state index contributed by atoms with van der Waals surface area (Å²) in [6.07, 6.45) is 0.837.